The predicted octanol–water partition coefficient (Wildman–Crippen LogP) is 4.40. The van der Waals surface area contributed by atoms with Gasteiger partial charge in [-0.1, -0.05) is 43.5 Å². The Bertz CT molecular complexity index is 523. The van der Waals surface area contributed by atoms with E-state index >= 15 is 0 Å². The van der Waals surface area contributed by atoms with Gasteiger partial charge in [-0.3, -0.25) is 0 Å². The van der Waals surface area contributed by atoms with E-state index in [1.807, 2.05) is 35.0 Å². The molecule has 2 aromatic rings. The predicted molar refractivity (Wildman–Crippen MR) is 83.9 cm³/mol. The van der Waals surface area contributed by atoms with Crippen molar-refractivity contribution in [3.63, 3.8) is 0 Å². The Hall–Kier alpha value is -1.19. The number of hydrogen-bond acceptors (Lipinski definition) is 2. The van der Waals surface area contributed by atoms with Crippen molar-refractivity contribution < 1.29 is 0 Å². The lowest BCUT2D eigenvalue weighted by molar-refractivity contribution is 0.608. The summed E-state index contributed by atoms with van der Waals surface area (Å²) in [6.07, 6.45) is 5.54. The fraction of sp³-hybridized carbons (Fsp3) is 0.357. The van der Waals surface area contributed by atoms with Gasteiger partial charge in [-0.2, -0.15) is 0 Å². The first kappa shape index (κ1) is 15.9. The topological polar surface area (TPSA) is 43.8 Å². The summed E-state index contributed by atoms with van der Waals surface area (Å²) in [5.74, 6) is 0.570. The van der Waals surface area contributed by atoms with Crippen LogP contribution in [0.1, 0.15) is 26.2 Å². The maximum atomic E-state index is 5.98. The summed E-state index contributed by atoms with van der Waals surface area (Å²) >= 11 is 5.98. The second-order valence-corrected chi connectivity index (χ2v) is 4.83. The van der Waals surface area contributed by atoms with Crippen molar-refractivity contribution in [3.05, 3.63) is 35.5 Å². The number of halogens is 2. The summed E-state index contributed by atoms with van der Waals surface area (Å²) in [7, 11) is 0. The monoisotopic (exact) mass is 299 g/mol. The highest BCUT2D eigenvalue weighted by Gasteiger charge is 2.07. The Morgan fingerprint density at radius 1 is 1.32 bits per heavy atom. The van der Waals surface area contributed by atoms with Crippen LogP contribution in [-0.2, 0) is 6.54 Å². The SMILES string of the molecule is CCCCCn1cc(-c2cccc(Cl)c2)nc1N.Cl. The Morgan fingerprint density at radius 3 is 2.79 bits per heavy atom. The highest BCUT2D eigenvalue weighted by Crippen LogP contribution is 2.23. The van der Waals surface area contributed by atoms with E-state index in [0.717, 1.165) is 24.2 Å². The molecule has 0 radical (unpaired) electrons. The normalized spacial score (nSPS) is 10.2. The quantitative estimate of drug-likeness (QED) is 0.832. The van der Waals surface area contributed by atoms with Crippen molar-refractivity contribution in [3.8, 4) is 11.3 Å². The van der Waals surface area contributed by atoms with E-state index in [1.54, 1.807) is 0 Å². The van der Waals surface area contributed by atoms with Gasteiger partial charge in [0.05, 0.1) is 5.69 Å². The lowest BCUT2D eigenvalue weighted by Crippen LogP contribution is -2.02. The molecule has 0 bridgehead atoms. The molecule has 0 saturated heterocycles. The highest BCUT2D eigenvalue weighted by molar-refractivity contribution is 6.30. The molecule has 2 N–H and O–H groups in total. The fourth-order valence-electron chi connectivity index (χ4n) is 1.93. The van der Waals surface area contributed by atoms with Crippen LogP contribution < -0.4 is 5.73 Å². The zero-order valence-electron chi connectivity index (χ0n) is 11.0. The maximum absolute atomic E-state index is 5.98. The zero-order chi connectivity index (χ0) is 13.0. The van der Waals surface area contributed by atoms with Gasteiger partial charge in [0, 0.05) is 23.3 Å². The Balaban J connectivity index is 0.00000180. The molecule has 3 nitrogen and oxygen atoms in total. The molecule has 104 valence electrons. The van der Waals surface area contributed by atoms with Crippen LogP contribution in [0.5, 0.6) is 0 Å². The van der Waals surface area contributed by atoms with Crippen LogP contribution in [-0.4, -0.2) is 9.55 Å². The third-order valence-electron chi connectivity index (χ3n) is 2.93. The van der Waals surface area contributed by atoms with Gasteiger partial charge in [0.1, 0.15) is 0 Å². The Kier molecular flexibility index (Phi) is 6.19. The summed E-state index contributed by atoms with van der Waals surface area (Å²) in [5, 5.41) is 0.714. The number of hydrogen-bond donors (Lipinski definition) is 1. The molecular formula is C14H19Cl2N3. The van der Waals surface area contributed by atoms with Gasteiger partial charge < -0.3 is 10.3 Å². The Labute approximate surface area is 125 Å². The summed E-state index contributed by atoms with van der Waals surface area (Å²) in [4.78, 5) is 4.38. The molecule has 0 saturated carbocycles. The molecule has 0 aliphatic rings. The second-order valence-electron chi connectivity index (χ2n) is 4.40. The number of aromatic nitrogens is 2. The number of anilines is 1. The van der Waals surface area contributed by atoms with Crippen LogP contribution in [0.15, 0.2) is 30.5 Å². The van der Waals surface area contributed by atoms with Crippen LogP contribution >= 0.6 is 24.0 Å². The number of imidazole rings is 1. The van der Waals surface area contributed by atoms with Crippen molar-refractivity contribution in [1.29, 1.82) is 0 Å². The number of rotatable bonds is 5. The van der Waals surface area contributed by atoms with Crippen molar-refractivity contribution in [1.82, 2.24) is 9.55 Å². The molecule has 0 aliphatic heterocycles. The molecule has 0 spiro atoms. The van der Waals surface area contributed by atoms with E-state index in [-0.39, 0.29) is 12.4 Å². The third-order valence-corrected chi connectivity index (χ3v) is 3.17. The number of benzene rings is 1. The van der Waals surface area contributed by atoms with Crippen molar-refractivity contribution in [2.75, 3.05) is 5.73 Å². The van der Waals surface area contributed by atoms with Crippen LogP contribution in [0.2, 0.25) is 5.02 Å². The summed E-state index contributed by atoms with van der Waals surface area (Å²) in [5.41, 5.74) is 7.80. The first-order valence-electron chi connectivity index (χ1n) is 6.29. The van der Waals surface area contributed by atoms with E-state index in [0.29, 0.717) is 11.0 Å². The van der Waals surface area contributed by atoms with Crippen LogP contribution in [0.4, 0.5) is 5.95 Å². The molecular weight excluding hydrogens is 281 g/mol. The van der Waals surface area contributed by atoms with E-state index < -0.39 is 0 Å². The van der Waals surface area contributed by atoms with Gasteiger partial charge in [-0.25, -0.2) is 4.98 Å². The molecule has 2 rings (SSSR count). The summed E-state index contributed by atoms with van der Waals surface area (Å²) in [6, 6.07) is 7.67. The zero-order valence-corrected chi connectivity index (χ0v) is 12.5. The average Bonchev–Trinajstić information content (AvgIpc) is 2.72. The number of nitrogens with two attached hydrogens (primary N) is 1. The number of unbranched alkanes of at least 4 members (excludes halogenated alkanes) is 2. The first-order chi connectivity index (χ1) is 8.70. The minimum Gasteiger partial charge on any atom is -0.369 e. The molecule has 1 aromatic heterocycles. The molecule has 0 aliphatic carbocycles. The number of nitrogens with zero attached hydrogens (tertiary/aromatic N) is 2. The van der Waals surface area contributed by atoms with E-state index in [9.17, 15) is 0 Å². The molecule has 19 heavy (non-hydrogen) atoms. The molecule has 0 fully saturated rings. The highest BCUT2D eigenvalue weighted by atomic mass is 35.5. The minimum absolute atomic E-state index is 0. The molecule has 1 heterocycles. The van der Waals surface area contributed by atoms with Gasteiger partial charge in [0.15, 0.2) is 0 Å². The van der Waals surface area contributed by atoms with Gasteiger partial charge >= 0.3 is 0 Å². The minimum atomic E-state index is 0. The number of nitrogen functional groups attached to an aromatic ring is 1. The molecule has 0 amide bonds. The summed E-state index contributed by atoms with van der Waals surface area (Å²) < 4.78 is 2.01. The standard InChI is InChI=1S/C14H18ClN3.ClH/c1-2-3-4-8-18-10-13(17-14(18)16)11-6-5-7-12(15)9-11;/h5-7,9-10H,2-4,8H2,1H3,(H2,16,17);1H. The molecule has 0 atom stereocenters. The van der Waals surface area contributed by atoms with Crippen molar-refractivity contribution in [2.45, 2.75) is 32.7 Å². The third kappa shape index (κ3) is 4.15. The number of aryl methyl sites for hydroxylation is 1. The largest absolute Gasteiger partial charge is 0.369 e. The maximum Gasteiger partial charge on any atom is 0.200 e. The second kappa shape index (κ2) is 7.41. The van der Waals surface area contributed by atoms with Crippen LogP contribution in [0, 0.1) is 0 Å². The average molecular weight is 300 g/mol. The van der Waals surface area contributed by atoms with Crippen LogP contribution in [0.3, 0.4) is 0 Å². The van der Waals surface area contributed by atoms with Crippen LogP contribution in [0.25, 0.3) is 11.3 Å². The van der Waals surface area contributed by atoms with Gasteiger partial charge in [0.2, 0.25) is 5.95 Å². The van der Waals surface area contributed by atoms with Gasteiger partial charge in [-0.15, -0.1) is 12.4 Å². The van der Waals surface area contributed by atoms with E-state index in [2.05, 4.69) is 11.9 Å². The molecule has 1 aromatic carbocycles. The lowest BCUT2D eigenvalue weighted by atomic mass is 10.2. The first-order valence-corrected chi connectivity index (χ1v) is 6.67. The fourth-order valence-corrected chi connectivity index (χ4v) is 2.12. The smallest absolute Gasteiger partial charge is 0.200 e. The van der Waals surface area contributed by atoms with Crippen molar-refractivity contribution >= 4 is 30.0 Å². The molecule has 0 unspecified atom stereocenters. The van der Waals surface area contributed by atoms with Crippen molar-refractivity contribution in [2.24, 2.45) is 0 Å². The molecule has 5 heteroatoms. The Morgan fingerprint density at radius 2 is 2.11 bits per heavy atom. The van der Waals surface area contributed by atoms with E-state index in [1.165, 1.54) is 12.8 Å². The van der Waals surface area contributed by atoms with Gasteiger partial charge in [-0.05, 0) is 18.6 Å². The summed E-state index contributed by atoms with van der Waals surface area (Å²) in [6.45, 7) is 3.11. The lowest BCUT2D eigenvalue weighted by Gasteiger charge is -2.02. The van der Waals surface area contributed by atoms with E-state index in [4.69, 9.17) is 17.3 Å². The van der Waals surface area contributed by atoms with Gasteiger partial charge in [0.25, 0.3) is 0 Å².